The minimum atomic E-state index is -5.27. The summed E-state index contributed by atoms with van der Waals surface area (Å²) in [6.07, 6.45) is 1.39. The van der Waals surface area contributed by atoms with Crippen LogP contribution in [0.4, 0.5) is 5.82 Å². The third kappa shape index (κ3) is 6.97. The molecule has 0 saturated carbocycles. The summed E-state index contributed by atoms with van der Waals surface area (Å²) in [6, 6.07) is 0. The molecule has 2 aromatic rings. The number of aromatic nitrogens is 3. The topological polar surface area (TPSA) is 236 Å². The average Bonchev–Trinajstić information content (AvgIpc) is 2.98. The molecule has 0 aliphatic carbocycles. The van der Waals surface area contributed by atoms with Crippen molar-refractivity contribution in [1.82, 2.24) is 9.97 Å². The summed E-state index contributed by atoms with van der Waals surface area (Å²) < 4.78 is 49.5. The van der Waals surface area contributed by atoms with Crippen molar-refractivity contribution >= 4 is 40.4 Å². The summed E-state index contributed by atoms with van der Waals surface area (Å²) in [5.74, 6) is 0.597. The van der Waals surface area contributed by atoms with Gasteiger partial charge in [0.15, 0.2) is 12.2 Å². The Morgan fingerprint density at radius 1 is 1.21 bits per heavy atom. The molecule has 19 heteroatoms. The largest absolute Gasteiger partial charge is 0.481 e. The monoisotopic (exact) mass is 563 g/mol. The lowest BCUT2D eigenvalue weighted by molar-refractivity contribution is -0.701. The van der Waals surface area contributed by atoms with Gasteiger partial charge < -0.3 is 34.9 Å². The van der Waals surface area contributed by atoms with Crippen LogP contribution in [-0.4, -0.2) is 48.4 Å². The van der Waals surface area contributed by atoms with E-state index < -0.39 is 35.2 Å². The first-order valence-corrected chi connectivity index (χ1v) is 14.8. The van der Waals surface area contributed by atoms with Crippen molar-refractivity contribution in [2.75, 3.05) is 19.5 Å². The van der Waals surface area contributed by atoms with Gasteiger partial charge in [0.2, 0.25) is 0 Å². The first-order valence-electron chi connectivity index (χ1n) is 9.36. The minimum absolute atomic E-state index is 0.00428. The Balaban J connectivity index is 2.45. The number of phosphoric ester groups is 1. The third-order valence-corrected chi connectivity index (χ3v) is 10.3. The molecule has 3 atom stereocenters. The molecule has 2 unspecified atom stereocenters. The fourth-order valence-corrected chi connectivity index (χ4v) is 6.81. The van der Waals surface area contributed by atoms with Crippen molar-refractivity contribution < 1.29 is 56.3 Å². The molecule has 0 radical (unpaired) electrons. The maximum atomic E-state index is 12.6. The molecule has 15 nitrogen and oxygen atoms in total. The van der Waals surface area contributed by atoms with E-state index in [-0.39, 0.29) is 23.8 Å². The lowest BCUT2D eigenvalue weighted by Gasteiger charge is -2.23. The zero-order valence-electron chi connectivity index (χ0n) is 18.6. The molecule has 0 aliphatic heterocycles. The Hall–Kier alpha value is -1.12. The normalized spacial score (nSPS) is 17.7. The Labute approximate surface area is 198 Å². The van der Waals surface area contributed by atoms with Crippen LogP contribution >= 0.6 is 34.6 Å². The molecule has 2 heterocycles. The number of nitrogens with two attached hydrogens (primary N) is 1. The van der Waals surface area contributed by atoms with Gasteiger partial charge in [-0.2, -0.15) is 8.88 Å². The van der Waals surface area contributed by atoms with E-state index >= 15 is 0 Å². The highest BCUT2D eigenvalue weighted by Crippen LogP contribution is 2.59. The second-order valence-electron chi connectivity index (χ2n) is 7.18. The van der Waals surface area contributed by atoms with Crippen LogP contribution in [0.15, 0.2) is 6.20 Å². The molecule has 7 N–H and O–H groups in total. The number of rotatable bonds is 11. The van der Waals surface area contributed by atoms with Crippen LogP contribution in [0, 0.1) is 13.8 Å². The molecule has 2 rings (SSSR count). The van der Waals surface area contributed by atoms with Crippen molar-refractivity contribution in [3.8, 4) is 0 Å². The molecule has 0 spiro atoms. The van der Waals surface area contributed by atoms with Gasteiger partial charge in [0.25, 0.3) is 10.3 Å². The molecule has 34 heavy (non-hydrogen) atoms. The van der Waals surface area contributed by atoms with Gasteiger partial charge in [0.1, 0.15) is 11.6 Å². The summed E-state index contributed by atoms with van der Waals surface area (Å²) in [5, 5.41) is 8.62. The van der Waals surface area contributed by atoms with Gasteiger partial charge in [0.05, 0.1) is 17.0 Å². The summed E-state index contributed by atoms with van der Waals surface area (Å²) in [7, 11) is -13.9. The van der Waals surface area contributed by atoms with Crippen LogP contribution < -0.4 is 10.3 Å². The molecule has 0 aromatic carbocycles. The zero-order chi connectivity index (χ0) is 26.1. The predicted molar refractivity (Wildman–Crippen MR) is 119 cm³/mol. The van der Waals surface area contributed by atoms with E-state index in [1.165, 1.54) is 10.8 Å². The third-order valence-electron chi connectivity index (χ3n) is 4.62. The standard InChI is InChI=1S/C15H25N4O11P3S/c1-9-12(5-6-29-33(26,27)30-32(23,24)25)34-14(15(3,20)31(21,22)28-4)19(9)8-11-7-17-10(2)18-13(11)16/h7,20H,5-6,8H2,1-4H3,(H5-,16,17,18,21,22,23,24,25,26,27)/p+1/t15-/m1/s1. The van der Waals surface area contributed by atoms with E-state index in [1.54, 1.807) is 13.8 Å². The van der Waals surface area contributed by atoms with Gasteiger partial charge in [-0.05, 0) is 13.8 Å². The highest BCUT2D eigenvalue weighted by atomic mass is 32.1. The molecule has 0 bridgehead atoms. The predicted octanol–water partition coefficient (Wildman–Crippen LogP) is 0.839. The molecule has 0 saturated heterocycles. The number of nitrogens with zero attached hydrogens (tertiary/aromatic N) is 3. The van der Waals surface area contributed by atoms with E-state index in [1.807, 2.05) is 0 Å². The molecule has 0 aliphatic rings. The molecule has 2 aromatic heterocycles. The Bertz CT molecular complexity index is 1200. The molecule has 192 valence electrons. The molecule has 0 fully saturated rings. The second kappa shape index (κ2) is 10.5. The second-order valence-corrected chi connectivity index (χ2v) is 13.4. The lowest BCUT2D eigenvalue weighted by Crippen LogP contribution is -2.45. The van der Waals surface area contributed by atoms with Crippen molar-refractivity contribution in [2.45, 2.75) is 39.1 Å². The van der Waals surface area contributed by atoms with Gasteiger partial charge in [-0.15, -0.1) is 0 Å². The van der Waals surface area contributed by atoms with Crippen molar-refractivity contribution in [1.29, 1.82) is 0 Å². The van der Waals surface area contributed by atoms with Crippen LogP contribution in [0.3, 0.4) is 0 Å². The summed E-state index contributed by atoms with van der Waals surface area (Å²) in [6.45, 7) is 3.87. The van der Waals surface area contributed by atoms with Crippen molar-refractivity contribution in [3.63, 3.8) is 0 Å². The summed E-state index contributed by atoms with van der Waals surface area (Å²) >= 11 is 0.901. The number of thiazole rings is 1. The number of hydrogen-bond donors (Lipinski definition) is 6. The Kier molecular flexibility index (Phi) is 8.97. The van der Waals surface area contributed by atoms with Crippen molar-refractivity contribution in [2.24, 2.45) is 0 Å². The number of nitrogen functional groups attached to an aromatic ring is 1. The lowest BCUT2D eigenvalue weighted by atomic mass is 10.2. The van der Waals surface area contributed by atoms with Gasteiger partial charge >= 0.3 is 23.2 Å². The van der Waals surface area contributed by atoms with Gasteiger partial charge in [-0.3, -0.25) is 9.09 Å². The fraction of sp³-hybridized carbons (Fsp3) is 0.533. The Morgan fingerprint density at radius 3 is 2.35 bits per heavy atom. The van der Waals surface area contributed by atoms with E-state index in [0.29, 0.717) is 22.0 Å². The van der Waals surface area contributed by atoms with Gasteiger partial charge in [-0.25, -0.2) is 19.1 Å². The minimum Gasteiger partial charge on any atom is -0.383 e. The van der Waals surface area contributed by atoms with E-state index in [0.717, 1.165) is 25.4 Å². The average molecular weight is 563 g/mol. The van der Waals surface area contributed by atoms with Crippen LogP contribution in [0.25, 0.3) is 0 Å². The number of aryl methyl sites for hydroxylation is 1. The fourth-order valence-electron chi connectivity index (χ4n) is 2.84. The Morgan fingerprint density at radius 2 is 1.82 bits per heavy atom. The molecular formula is C15H26N4O11P3S+. The van der Waals surface area contributed by atoms with E-state index in [2.05, 4.69) is 23.3 Å². The first-order chi connectivity index (χ1) is 15.4. The number of hydrogen-bond acceptors (Lipinski definition) is 11. The van der Waals surface area contributed by atoms with Crippen LogP contribution in [0.5, 0.6) is 0 Å². The highest BCUT2D eigenvalue weighted by Gasteiger charge is 2.53. The highest BCUT2D eigenvalue weighted by molar-refractivity contribution is 7.60. The smallest absolute Gasteiger partial charge is 0.383 e. The van der Waals surface area contributed by atoms with E-state index in [9.17, 15) is 28.6 Å². The number of phosphoric acid groups is 2. The van der Waals surface area contributed by atoms with E-state index in [4.69, 9.17) is 15.5 Å². The summed E-state index contributed by atoms with van der Waals surface area (Å²) in [4.78, 5) is 45.6. The van der Waals surface area contributed by atoms with Crippen LogP contribution in [0.2, 0.25) is 0 Å². The van der Waals surface area contributed by atoms with Gasteiger partial charge in [-0.1, -0.05) is 11.3 Å². The first kappa shape index (κ1) is 29.1. The van der Waals surface area contributed by atoms with Crippen LogP contribution in [-0.2, 0) is 45.4 Å². The summed E-state index contributed by atoms with van der Waals surface area (Å²) in [5.41, 5.74) is 6.90. The quantitative estimate of drug-likeness (QED) is 0.164. The van der Waals surface area contributed by atoms with Gasteiger partial charge in [0, 0.05) is 26.7 Å². The zero-order valence-corrected chi connectivity index (χ0v) is 22.1. The molecule has 0 amide bonds. The molecular weight excluding hydrogens is 537 g/mol. The van der Waals surface area contributed by atoms with Crippen molar-refractivity contribution in [3.05, 3.63) is 33.2 Å². The number of anilines is 1. The SMILES string of the molecule is COP(=O)(O)[C@@](C)(O)c1sc(CCOP(=O)(O)OP(=O)(O)O)c(C)[n+]1Cc1cnc(C)nc1N. The number of aliphatic hydroxyl groups is 1. The van der Waals surface area contributed by atoms with Crippen LogP contribution in [0.1, 0.15) is 33.9 Å². The maximum Gasteiger partial charge on any atom is 0.481 e. The maximum absolute atomic E-state index is 12.6.